The molecule has 0 amide bonds. The van der Waals surface area contributed by atoms with Crippen molar-refractivity contribution < 1.29 is 9.90 Å². The van der Waals surface area contributed by atoms with Crippen LogP contribution in [-0.4, -0.2) is 24.2 Å². The third-order valence-corrected chi connectivity index (χ3v) is 2.19. The number of aliphatic carboxylic acids is 1. The number of rotatable bonds is 2. The quantitative estimate of drug-likeness (QED) is 0.590. The highest BCUT2D eigenvalue weighted by atomic mass is 16.4. The second-order valence-corrected chi connectivity index (χ2v) is 2.83. The summed E-state index contributed by atoms with van der Waals surface area (Å²) in [6.07, 6.45) is 2.64. The molecule has 1 aliphatic rings. The highest BCUT2D eigenvalue weighted by Crippen LogP contribution is 2.24. The van der Waals surface area contributed by atoms with E-state index >= 15 is 0 Å². The van der Waals surface area contributed by atoms with E-state index in [4.69, 9.17) is 5.11 Å². The van der Waals surface area contributed by atoms with Gasteiger partial charge in [-0.1, -0.05) is 0 Å². The van der Waals surface area contributed by atoms with Gasteiger partial charge in [-0.05, 0) is 26.3 Å². The van der Waals surface area contributed by atoms with Gasteiger partial charge in [0.2, 0.25) is 0 Å². The van der Waals surface area contributed by atoms with Gasteiger partial charge >= 0.3 is 5.97 Å². The Bertz CT molecular complexity index is 136. The molecule has 1 saturated carbocycles. The molecule has 2 atom stereocenters. The minimum atomic E-state index is -0.641. The second kappa shape index (κ2) is 3.01. The fourth-order valence-electron chi connectivity index (χ4n) is 1.47. The summed E-state index contributed by atoms with van der Waals surface area (Å²) in [5, 5.41) is 11.7. The van der Waals surface area contributed by atoms with Crippen LogP contribution >= 0.6 is 0 Å². The van der Waals surface area contributed by atoms with Crippen LogP contribution < -0.4 is 5.32 Å². The standard InChI is InChI=1S/C7H13NO2/c1-8-6-3-2-5(4-6)7(9)10/h5-6,8H,2-4H2,1H3,(H,9,10)/t5-,6?/m1/s1. The Morgan fingerprint density at radius 2 is 2.30 bits per heavy atom. The van der Waals surface area contributed by atoms with Crippen LogP contribution in [-0.2, 0) is 4.79 Å². The number of hydrogen-bond donors (Lipinski definition) is 2. The molecular formula is C7H13NO2. The van der Waals surface area contributed by atoms with E-state index in [0.717, 1.165) is 19.3 Å². The first-order chi connectivity index (χ1) is 4.74. The van der Waals surface area contributed by atoms with E-state index in [1.165, 1.54) is 0 Å². The maximum absolute atomic E-state index is 10.4. The Morgan fingerprint density at radius 1 is 1.60 bits per heavy atom. The topological polar surface area (TPSA) is 49.3 Å². The summed E-state index contributed by atoms with van der Waals surface area (Å²) in [7, 11) is 1.88. The van der Waals surface area contributed by atoms with Crippen LogP contribution in [0.5, 0.6) is 0 Å². The van der Waals surface area contributed by atoms with Crippen LogP contribution in [0.25, 0.3) is 0 Å². The molecule has 1 fully saturated rings. The molecule has 3 heteroatoms. The molecule has 0 saturated heterocycles. The predicted molar refractivity (Wildman–Crippen MR) is 37.8 cm³/mol. The number of carboxylic acid groups (broad SMARTS) is 1. The Kier molecular flexibility index (Phi) is 2.27. The third-order valence-electron chi connectivity index (χ3n) is 2.19. The van der Waals surface area contributed by atoms with Gasteiger partial charge in [0.05, 0.1) is 5.92 Å². The summed E-state index contributed by atoms with van der Waals surface area (Å²) in [6.45, 7) is 0. The van der Waals surface area contributed by atoms with Crippen LogP contribution in [0, 0.1) is 5.92 Å². The normalized spacial score (nSPS) is 32.5. The van der Waals surface area contributed by atoms with Crippen LogP contribution in [0.2, 0.25) is 0 Å². The van der Waals surface area contributed by atoms with Crippen LogP contribution in [0.1, 0.15) is 19.3 Å². The lowest BCUT2D eigenvalue weighted by atomic mass is 10.1. The van der Waals surface area contributed by atoms with Gasteiger partial charge in [-0.25, -0.2) is 0 Å². The fourth-order valence-corrected chi connectivity index (χ4v) is 1.47. The van der Waals surface area contributed by atoms with Crippen LogP contribution in [0.3, 0.4) is 0 Å². The number of nitrogens with one attached hydrogen (secondary N) is 1. The van der Waals surface area contributed by atoms with Crippen LogP contribution in [0.4, 0.5) is 0 Å². The summed E-state index contributed by atoms with van der Waals surface area (Å²) >= 11 is 0. The average Bonchev–Trinajstić information content (AvgIpc) is 2.34. The van der Waals surface area contributed by atoms with E-state index in [9.17, 15) is 4.79 Å². The zero-order chi connectivity index (χ0) is 7.56. The largest absolute Gasteiger partial charge is 0.481 e. The van der Waals surface area contributed by atoms with E-state index in [1.807, 2.05) is 7.05 Å². The Balaban J connectivity index is 2.35. The van der Waals surface area contributed by atoms with Gasteiger partial charge in [0, 0.05) is 6.04 Å². The second-order valence-electron chi connectivity index (χ2n) is 2.83. The van der Waals surface area contributed by atoms with Crippen molar-refractivity contribution in [2.45, 2.75) is 25.3 Å². The van der Waals surface area contributed by atoms with E-state index < -0.39 is 5.97 Å². The number of carboxylic acids is 1. The first-order valence-corrected chi connectivity index (χ1v) is 3.64. The van der Waals surface area contributed by atoms with Crippen molar-refractivity contribution >= 4 is 5.97 Å². The van der Waals surface area contributed by atoms with E-state index in [-0.39, 0.29) is 5.92 Å². The molecule has 0 aromatic carbocycles. The molecule has 1 unspecified atom stereocenters. The Morgan fingerprint density at radius 3 is 2.60 bits per heavy atom. The molecule has 3 nitrogen and oxygen atoms in total. The average molecular weight is 143 g/mol. The van der Waals surface area contributed by atoms with Gasteiger partial charge in [-0.15, -0.1) is 0 Å². The minimum Gasteiger partial charge on any atom is -0.481 e. The fraction of sp³-hybridized carbons (Fsp3) is 0.857. The SMILES string of the molecule is CNC1CC[C@@H](C(=O)O)C1. The van der Waals surface area contributed by atoms with Crippen molar-refractivity contribution in [3.05, 3.63) is 0 Å². The first kappa shape index (κ1) is 7.54. The third kappa shape index (κ3) is 1.48. The van der Waals surface area contributed by atoms with E-state index in [1.54, 1.807) is 0 Å². The van der Waals surface area contributed by atoms with Crippen molar-refractivity contribution in [2.75, 3.05) is 7.05 Å². The molecule has 0 bridgehead atoms. The van der Waals surface area contributed by atoms with Gasteiger partial charge in [-0.3, -0.25) is 4.79 Å². The summed E-state index contributed by atoms with van der Waals surface area (Å²) in [5.41, 5.74) is 0. The van der Waals surface area contributed by atoms with Gasteiger partial charge in [0.1, 0.15) is 0 Å². The Hall–Kier alpha value is -0.570. The van der Waals surface area contributed by atoms with Gasteiger partial charge in [-0.2, -0.15) is 0 Å². The molecule has 2 N–H and O–H groups in total. The summed E-state index contributed by atoms with van der Waals surface area (Å²) < 4.78 is 0. The summed E-state index contributed by atoms with van der Waals surface area (Å²) in [6, 6.07) is 0.432. The van der Waals surface area contributed by atoms with Crippen molar-refractivity contribution in [3.63, 3.8) is 0 Å². The number of hydrogen-bond acceptors (Lipinski definition) is 2. The van der Waals surface area contributed by atoms with Crippen molar-refractivity contribution in [3.8, 4) is 0 Å². The zero-order valence-electron chi connectivity index (χ0n) is 6.13. The Labute approximate surface area is 60.4 Å². The summed E-state index contributed by atoms with van der Waals surface area (Å²) in [4.78, 5) is 10.4. The zero-order valence-corrected chi connectivity index (χ0v) is 6.13. The molecule has 1 rings (SSSR count). The maximum Gasteiger partial charge on any atom is 0.306 e. The van der Waals surface area contributed by atoms with E-state index in [0.29, 0.717) is 6.04 Å². The molecular weight excluding hydrogens is 130 g/mol. The predicted octanol–water partition coefficient (Wildman–Crippen LogP) is 0.459. The molecule has 58 valence electrons. The van der Waals surface area contributed by atoms with Crippen molar-refractivity contribution in [1.82, 2.24) is 5.32 Å². The lowest BCUT2D eigenvalue weighted by Gasteiger charge is -2.05. The molecule has 1 aliphatic carbocycles. The highest BCUT2D eigenvalue weighted by molar-refractivity contribution is 5.70. The minimum absolute atomic E-state index is 0.0996. The van der Waals surface area contributed by atoms with Gasteiger partial charge in [0.25, 0.3) is 0 Å². The monoisotopic (exact) mass is 143 g/mol. The summed E-state index contributed by atoms with van der Waals surface area (Å²) in [5.74, 6) is -0.741. The lowest BCUT2D eigenvalue weighted by Crippen LogP contribution is -2.22. The molecule has 0 heterocycles. The lowest BCUT2D eigenvalue weighted by molar-refractivity contribution is -0.141. The number of carbonyl (C=O) groups is 1. The smallest absolute Gasteiger partial charge is 0.306 e. The van der Waals surface area contributed by atoms with Crippen molar-refractivity contribution in [1.29, 1.82) is 0 Å². The molecule has 10 heavy (non-hydrogen) atoms. The van der Waals surface area contributed by atoms with Crippen molar-refractivity contribution in [2.24, 2.45) is 5.92 Å². The van der Waals surface area contributed by atoms with E-state index in [2.05, 4.69) is 5.32 Å². The first-order valence-electron chi connectivity index (χ1n) is 3.64. The molecule has 0 aliphatic heterocycles. The molecule has 0 aromatic heterocycles. The molecule has 0 radical (unpaired) electrons. The molecule has 0 spiro atoms. The van der Waals surface area contributed by atoms with Gasteiger partial charge < -0.3 is 10.4 Å². The highest BCUT2D eigenvalue weighted by Gasteiger charge is 2.28. The van der Waals surface area contributed by atoms with Crippen LogP contribution in [0.15, 0.2) is 0 Å². The molecule has 0 aromatic rings. The maximum atomic E-state index is 10.4. The van der Waals surface area contributed by atoms with Gasteiger partial charge in [0.15, 0.2) is 0 Å².